The lowest BCUT2D eigenvalue weighted by Gasteiger charge is -2.35. The average molecular weight is 247 g/mol. The SMILES string of the molecule is Cc1ccc2c(c1)NCC1(CCCCC1)CS2. The molecule has 0 saturated heterocycles. The number of fused-ring (bicyclic) bond motifs is 1. The molecule has 92 valence electrons. The smallest absolute Gasteiger partial charge is 0.0481 e. The predicted molar refractivity (Wildman–Crippen MR) is 75.9 cm³/mol. The average Bonchev–Trinajstić information content (AvgIpc) is 2.52. The van der Waals surface area contributed by atoms with E-state index in [-0.39, 0.29) is 0 Å². The molecule has 1 nitrogen and oxygen atoms in total. The predicted octanol–water partition coefficient (Wildman–Crippen LogP) is 4.46. The molecule has 0 unspecified atom stereocenters. The molecule has 0 amide bonds. The van der Waals surface area contributed by atoms with E-state index in [0.717, 1.165) is 0 Å². The number of rotatable bonds is 0. The summed E-state index contributed by atoms with van der Waals surface area (Å²) in [6.45, 7) is 3.35. The molecule has 1 aromatic rings. The van der Waals surface area contributed by atoms with Crippen molar-refractivity contribution in [1.29, 1.82) is 0 Å². The molecule has 1 heterocycles. The van der Waals surface area contributed by atoms with Gasteiger partial charge in [-0.15, -0.1) is 11.8 Å². The zero-order chi connectivity index (χ0) is 11.7. The number of benzene rings is 1. The maximum atomic E-state index is 3.71. The van der Waals surface area contributed by atoms with E-state index in [1.807, 2.05) is 0 Å². The third-order valence-electron chi connectivity index (χ3n) is 4.24. The van der Waals surface area contributed by atoms with Crippen LogP contribution in [0.1, 0.15) is 37.7 Å². The second-order valence-electron chi connectivity index (χ2n) is 5.70. The molecule has 0 atom stereocenters. The lowest BCUT2D eigenvalue weighted by Crippen LogP contribution is -2.33. The van der Waals surface area contributed by atoms with Crippen LogP contribution in [0.3, 0.4) is 0 Å². The Morgan fingerprint density at radius 3 is 2.82 bits per heavy atom. The molecule has 2 aliphatic rings. The van der Waals surface area contributed by atoms with Crippen LogP contribution in [0.5, 0.6) is 0 Å². The third kappa shape index (κ3) is 2.33. The minimum atomic E-state index is 0.565. The van der Waals surface area contributed by atoms with E-state index in [1.165, 1.54) is 60.5 Å². The van der Waals surface area contributed by atoms with E-state index >= 15 is 0 Å². The summed E-state index contributed by atoms with van der Waals surface area (Å²) in [5.74, 6) is 1.30. The molecule has 1 aliphatic heterocycles. The van der Waals surface area contributed by atoms with Crippen LogP contribution in [0.2, 0.25) is 0 Å². The van der Waals surface area contributed by atoms with Crippen LogP contribution in [0.15, 0.2) is 23.1 Å². The molecule has 1 N–H and O–H groups in total. The van der Waals surface area contributed by atoms with Gasteiger partial charge in [-0.3, -0.25) is 0 Å². The second-order valence-corrected chi connectivity index (χ2v) is 6.72. The van der Waals surface area contributed by atoms with E-state index in [1.54, 1.807) is 0 Å². The highest BCUT2D eigenvalue weighted by molar-refractivity contribution is 7.99. The minimum absolute atomic E-state index is 0.565. The molecular formula is C15H21NS. The summed E-state index contributed by atoms with van der Waals surface area (Å²) in [5, 5.41) is 3.71. The standard InChI is InChI=1S/C15H21NS/c1-12-5-6-14-13(9-12)16-10-15(11-17-14)7-3-2-4-8-15/h5-6,9,16H,2-4,7-8,10-11H2,1H3. The second kappa shape index (κ2) is 4.56. The van der Waals surface area contributed by atoms with Gasteiger partial charge in [0.05, 0.1) is 0 Å². The maximum Gasteiger partial charge on any atom is 0.0481 e. The van der Waals surface area contributed by atoms with E-state index in [4.69, 9.17) is 0 Å². The molecule has 17 heavy (non-hydrogen) atoms. The Morgan fingerprint density at radius 2 is 2.00 bits per heavy atom. The van der Waals surface area contributed by atoms with E-state index in [2.05, 4.69) is 42.2 Å². The van der Waals surface area contributed by atoms with Gasteiger partial charge in [0.1, 0.15) is 0 Å². The van der Waals surface area contributed by atoms with Crippen LogP contribution in [0, 0.1) is 12.3 Å². The fraction of sp³-hybridized carbons (Fsp3) is 0.600. The Balaban J connectivity index is 1.82. The normalized spacial score (nSPS) is 22.6. The van der Waals surface area contributed by atoms with Crippen LogP contribution in [-0.2, 0) is 0 Å². The largest absolute Gasteiger partial charge is 0.384 e. The van der Waals surface area contributed by atoms with E-state index in [0.29, 0.717) is 5.41 Å². The number of hydrogen-bond donors (Lipinski definition) is 1. The lowest BCUT2D eigenvalue weighted by molar-refractivity contribution is 0.241. The monoisotopic (exact) mass is 247 g/mol. The number of nitrogens with one attached hydrogen (secondary N) is 1. The lowest BCUT2D eigenvalue weighted by atomic mass is 9.75. The number of anilines is 1. The van der Waals surface area contributed by atoms with Gasteiger partial charge in [-0.2, -0.15) is 0 Å². The molecule has 2 heteroatoms. The molecule has 1 fully saturated rings. The molecule has 1 saturated carbocycles. The first kappa shape index (κ1) is 11.5. The highest BCUT2D eigenvalue weighted by Crippen LogP contribution is 2.44. The van der Waals surface area contributed by atoms with Crippen molar-refractivity contribution < 1.29 is 0 Å². The van der Waals surface area contributed by atoms with Crippen molar-refractivity contribution in [3.05, 3.63) is 23.8 Å². The molecule has 0 radical (unpaired) electrons. The van der Waals surface area contributed by atoms with Crippen molar-refractivity contribution in [2.75, 3.05) is 17.6 Å². The van der Waals surface area contributed by atoms with Gasteiger partial charge in [0, 0.05) is 22.9 Å². The summed E-state index contributed by atoms with van der Waals surface area (Å²) >= 11 is 2.06. The van der Waals surface area contributed by atoms with Crippen molar-refractivity contribution in [3.63, 3.8) is 0 Å². The van der Waals surface area contributed by atoms with Crippen LogP contribution < -0.4 is 5.32 Å². The van der Waals surface area contributed by atoms with Crippen molar-refractivity contribution in [3.8, 4) is 0 Å². The van der Waals surface area contributed by atoms with Gasteiger partial charge < -0.3 is 5.32 Å². The number of thioether (sulfide) groups is 1. The third-order valence-corrected chi connectivity index (χ3v) is 5.66. The zero-order valence-corrected chi connectivity index (χ0v) is 11.4. The fourth-order valence-corrected chi connectivity index (χ4v) is 4.40. The van der Waals surface area contributed by atoms with Gasteiger partial charge in [0.2, 0.25) is 0 Å². The molecule has 0 aromatic heterocycles. The highest BCUT2D eigenvalue weighted by atomic mass is 32.2. The van der Waals surface area contributed by atoms with Gasteiger partial charge in [0.15, 0.2) is 0 Å². The summed E-state index contributed by atoms with van der Waals surface area (Å²) in [4.78, 5) is 1.44. The summed E-state index contributed by atoms with van der Waals surface area (Å²) in [7, 11) is 0. The maximum absolute atomic E-state index is 3.71. The fourth-order valence-electron chi connectivity index (χ4n) is 3.10. The summed E-state index contributed by atoms with van der Waals surface area (Å²) in [6.07, 6.45) is 7.13. The van der Waals surface area contributed by atoms with Gasteiger partial charge in [0.25, 0.3) is 0 Å². The topological polar surface area (TPSA) is 12.0 Å². The van der Waals surface area contributed by atoms with Crippen LogP contribution >= 0.6 is 11.8 Å². The van der Waals surface area contributed by atoms with Crippen molar-refractivity contribution >= 4 is 17.4 Å². The number of hydrogen-bond acceptors (Lipinski definition) is 2. The van der Waals surface area contributed by atoms with E-state index < -0.39 is 0 Å². The summed E-state index contributed by atoms with van der Waals surface area (Å²) < 4.78 is 0. The molecule has 0 bridgehead atoms. The molecule has 1 aliphatic carbocycles. The summed E-state index contributed by atoms with van der Waals surface area (Å²) in [6, 6.07) is 6.81. The van der Waals surface area contributed by atoms with Gasteiger partial charge in [-0.25, -0.2) is 0 Å². The number of aryl methyl sites for hydroxylation is 1. The first-order valence-corrected chi connectivity index (χ1v) is 7.73. The highest BCUT2D eigenvalue weighted by Gasteiger charge is 2.33. The minimum Gasteiger partial charge on any atom is -0.384 e. The Bertz CT molecular complexity index is 407. The Hall–Kier alpha value is -0.630. The quantitative estimate of drug-likeness (QED) is 0.726. The first-order chi connectivity index (χ1) is 8.27. The van der Waals surface area contributed by atoms with Crippen LogP contribution in [0.25, 0.3) is 0 Å². The van der Waals surface area contributed by atoms with Crippen molar-refractivity contribution in [2.45, 2.75) is 43.9 Å². The van der Waals surface area contributed by atoms with Gasteiger partial charge >= 0.3 is 0 Å². The van der Waals surface area contributed by atoms with E-state index in [9.17, 15) is 0 Å². The molecule has 3 rings (SSSR count). The first-order valence-electron chi connectivity index (χ1n) is 6.75. The van der Waals surface area contributed by atoms with Crippen molar-refractivity contribution in [1.82, 2.24) is 0 Å². The van der Waals surface area contributed by atoms with Crippen LogP contribution in [0.4, 0.5) is 5.69 Å². The molecule has 1 spiro atoms. The Morgan fingerprint density at radius 1 is 1.18 bits per heavy atom. The Kier molecular flexibility index (Phi) is 3.08. The zero-order valence-electron chi connectivity index (χ0n) is 10.6. The van der Waals surface area contributed by atoms with Crippen molar-refractivity contribution in [2.24, 2.45) is 5.41 Å². The van der Waals surface area contributed by atoms with Crippen LogP contribution in [-0.4, -0.2) is 12.3 Å². The molecule has 1 aromatic carbocycles. The van der Waals surface area contributed by atoms with Gasteiger partial charge in [-0.05, 0) is 42.9 Å². The summed E-state index contributed by atoms with van der Waals surface area (Å²) in [5.41, 5.74) is 3.28. The Labute approximate surface area is 108 Å². The molecular weight excluding hydrogens is 226 g/mol. The van der Waals surface area contributed by atoms with Gasteiger partial charge in [-0.1, -0.05) is 25.3 Å².